The fourth-order valence-corrected chi connectivity index (χ4v) is 4.83. The van der Waals surface area contributed by atoms with Crippen molar-refractivity contribution < 1.29 is 47.0 Å². The first-order valence-corrected chi connectivity index (χ1v) is 16.2. The van der Waals surface area contributed by atoms with Gasteiger partial charge in [-0.05, 0) is 45.3 Å². The van der Waals surface area contributed by atoms with Crippen LogP contribution in [0, 0.1) is 0 Å². The van der Waals surface area contributed by atoms with Crippen LogP contribution in [0.2, 0.25) is 0 Å². The molecule has 0 radical (unpaired) electrons. The van der Waals surface area contributed by atoms with Crippen molar-refractivity contribution >= 4 is 52.6 Å². The van der Waals surface area contributed by atoms with Crippen molar-refractivity contribution in [2.45, 2.75) is 19.0 Å². The standard InChI is InChI=1S/C31H41N11O5.C2HF3O2/c1-38(2)12-7-9-32-26(43)8-10-34-28(44)23-14-20(17-40(23)4)35-29(45)24-15-21(18-41(24)5)36-30(46)25-16-22(19-42(25)6)37-31(47)27-33-11-13-39(27)3;3-2(4,5)1(6)7/h11,13-19H,7-10,12H2,1-6H3,(H,32,43)(H,34,44)(H,35,45)(H,36,46)(H,37,47);(H,6,7). The summed E-state index contributed by atoms with van der Waals surface area (Å²) in [6.07, 6.45) is 3.90. The van der Waals surface area contributed by atoms with Gasteiger partial charge < -0.3 is 54.9 Å². The Labute approximate surface area is 307 Å². The molecule has 4 rings (SSSR count). The Bertz CT molecular complexity index is 1990. The number of carboxylic acids is 1. The van der Waals surface area contributed by atoms with E-state index in [1.807, 2.05) is 19.0 Å². The largest absolute Gasteiger partial charge is 0.490 e. The predicted octanol–water partition coefficient (Wildman–Crippen LogP) is 2.01. The summed E-state index contributed by atoms with van der Waals surface area (Å²) < 4.78 is 38.0. The van der Waals surface area contributed by atoms with Gasteiger partial charge in [0.2, 0.25) is 5.91 Å². The van der Waals surface area contributed by atoms with Crippen LogP contribution in [0.1, 0.15) is 54.9 Å². The minimum absolute atomic E-state index is 0.138. The van der Waals surface area contributed by atoms with Gasteiger partial charge in [-0.2, -0.15) is 13.2 Å². The predicted molar refractivity (Wildman–Crippen MR) is 190 cm³/mol. The fourth-order valence-electron chi connectivity index (χ4n) is 4.83. The minimum atomic E-state index is -5.08. The second-order valence-electron chi connectivity index (χ2n) is 12.2. The number of aryl methyl sites for hydroxylation is 4. The molecule has 0 bridgehead atoms. The van der Waals surface area contributed by atoms with Crippen molar-refractivity contribution in [1.29, 1.82) is 0 Å². The maximum absolute atomic E-state index is 13.1. The first kappa shape index (κ1) is 42.0. The quantitative estimate of drug-likeness (QED) is 0.103. The lowest BCUT2D eigenvalue weighted by molar-refractivity contribution is -0.192. The van der Waals surface area contributed by atoms with Gasteiger partial charge in [-0.1, -0.05) is 0 Å². The molecule has 18 nitrogen and oxygen atoms in total. The zero-order chi connectivity index (χ0) is 40.3. The van der Waals surface area contributed by atoms with Gasteiger partial charge >= 0.3 is 12.1 Å². The van der Waals surface area contributed by atoms with Crippen molar-refractivity contribution in [3.8, 4) is 0 Å². The molecule has 5 amide bonds. The number of carboxylic acid groups (broad SMARTS) is 1. The van der Waals surface area contributed by atoms with Crippen LogP contribution in [-0.4, -0.2) is 109 Å². The Hall–Kier alpha value is -6.38. The molecule has 0 aliphatic heterocycles. The summed E-state index contributed by atoms with van der Waals surface area (Å²) in [6.45, 7) is 1.62. The first-order valence-electron chi connectivity index (χ1n) is 16.2. The van der Waals surface area contributed by atoms with E-state index in [0.29, 0.717) is 29.3 Å². The van der Waals surface area contributed by atoms with Crippen LogP contribution in [0.15, 0.2) is 49.2 Å². The normalized spacial score (nSPS) is 11.0. The molecule has 21 heteroatoms. The third kappa shape index (κ3) is 12.1. The SMILES string of the molecule is CN(C)CCCNC(=O)CCNC(=O)c1cc(NC(=O)c2cc(NC(=O)c3cc(NC(=O)c4nccn4C)cn3C)cn2C)cn1C.O=C(O)C(F)(F)F. The number of hydrogen-bond donors (Lipinski definition) is 6. The number of carbonyl (C=O) groups is 6. The molecule has 0 saturated carbocycles. The summed E-state index contributed by atoms with van der Waals surface area (Å²) in [5, 5.41) is 21.0. The van der Waals surface area contributed by atoms with E-state index in [-0.39, 0.29) is 42.0 Å². The lowest BCUT2D eigenvalue weighted by Gasteiger charge is -2.10. The van der Waals surface area contributed by atoms with E-state index in [9.17, 15) is 37.1 Å². The molecular weight excluding hydrogens is 719 g/mol. The van der Waals surface area contributed by atoms with Crippen LogP contribution in [0.4, 0.5) is 30.2 Å². The molecule has 4 aromatic rings. The zero-order valence-corrected chi connectivity index (χ0v) is 30.4. The number of carbonyl (C=O) groups excluding carboxylic acids is 5. The highest BCUT2D eigenvalue weighted by Crippen LogP contribution is 2.20. The van der Waals surface area contributed by atoms with E-state index in [2.05, 4.69) is 31.6 Å². The number of imidazole rings is 1. The highest BCUT2D eigenvalue weighted by Gasteiger charge is 2.38. The molecule has 0 fully saturated rings. The summed E-state index contributed by atoms with van der Waals surface area (Å²) in [7, 11) is 10.7. The van der Waals surface area contributed by atoms with Gasteiger partial charge in [0.1, 0.15) is 17.1 Å². The van der Waals surface area contributed by atoms with Crippen LogP contribution < -0.4 is 26.6 Å². The van der Waals surface area contributed by atoms with E-state index in [1.54, 1.807) is 77.3 Å². The molecule has 292 valence electrons. The second-order valence-corrected chi connectivity index (χ2v) is 12.2. The highest BCUT2D eigenvalue weighted by molar-refractivity contribution is 6.08. The van der Waals surface area contributed by atoms with Crippen molar-refractivity contribution in [1.82, 2.24) is 38.8 Å². The molecule has 0 unspecified atom stereocenters. The van der Waals surface area contributed by atoms with E-state index >= 15 is 0 Å². The number of nitrogens with one attached hydrogen (secondary N) is 5. The molecule has 6 N–H and O–H groups in total. The lowest BCUT2D eigenvalue weighted by atomic mass is 10.3. The second kappa shape index (κ2) is 18.4. The summed E-state index contributed by atoms with van der Waals surface area (Å²) >= 11 is 0. The summed E-state index contributed by atoms with van der Waals surface area (Å²) in [6, 6.07) is 4.61. The molecule has 0 spiro atoms. The minimum Gasteiger partial charge on any atom is -0.475 e. The molecule has 0 aliphatic carbocycles. The molecule has 54 heavy (non-hydrogen) atoms. The third-order valence-electron chi connectivity index (χ3n) is 7.50. The van der Waals surface area contributed by atoms with Gasteiger partial charge in [-0.25, -0.2) is 9.78 Å². The average molecular weight is 762 g/mol. The van der Waals surface area contributed by atoms with Crippen molar-refractivity contribution in [3.05, 3.63) is 72.1 Å². The van der Waals surface area contributed by atoms with Crippen LogP contribution in [-0.2, 0) is 37.8 Å². The number of alkyl halides is 3. The van der Waals surface area contributed by atoms with Gasteiger partial charge in [-0.3, -0.25) is 24.0 Å². The Kier molecular flexibility index (Phi) is 14.3. The summed E-state index contributed by atoms with van der Waals surface area (Å²) in [5.41, 5.74) is 2.07. The Morgan fingerprint density at radius 2 is 1.15 bits per heavy atom. The smallest absolute Gasteiger partial charge is 0.475 e. The van der Waals surface area contributed by atoms with Crippen molar-refractivity contribution in [2.75, 3.05) is 49.7 Å². The molecule has 0 atom stereocenters. The van der Waals surface area contributed by atoms with Crippen LogP contribution in [0.25, 0.3) is 0 Å². The number of rotatable bonds is 14. The van der Waals surface area contributed by atoms with Gasteiger partial charge in [0.05, 0.1) is 17.1 Å². The molecule has 0 aromatic carbocycles. The van der Waals surface area contributed by atoms with Crippen LogP contribution in [0.5, 0.6) is 0 Å². The number of aromatic nitrogens is 5. The maximum atomic E-state index is 13.1. The maximum Gasteiger partial charge on any atom is 0.490 e. The number of aliphatic carboxylic acids is 1. The molecular formula is C33H42F3N11O7. The van der Waals surface area contributed by atoms with Crippen LogP contribution >= 0.6 is 0 Å². The summed E-state index contributed by atoms with van der Waals surface area (Å²) in [5.74, 6) is -4.35. The van der Waals surface area contributed by atoms with Gasteiger partial charge in [-0.15, -0.1) is 0 Å². The van der Waals surface area contributed by atoms with E-state index in [0.717, 1.165) is 13.0 Å². The third-order valence-corrected chi connectivity index (χ3v) is 7.50. The number of amides is 5. The lowest BCUT2D eigenvalue weighted by Crippen LogP contribution is -2.32. The van der Waals surface area contributed by atoms with Crippen molar-refractivity contribution in [3.63, 3.8) is 0 Å². The van der Waals surface area contributed by atoms with E-state index < -0.39 is 29.9 Å². The number of anilines is 3. The molecule has 0 aliphatic rings. The molecule has 4 heterocycles. The average Bonchev–Trinajstić information content (AvgIpc) is 3.85. The number of hydrogen-bond acceptors (Lipinski definition) is 8. The summed E-state index contributed by atoms with van der Waals surface area (Å²) in [4.78, 5) is 78.4. The number of nitrogens with zero attached hydrogens (tertiary/aromatic N) is 6. The Morgan fingerprint density at radius 3 is 1.56 bits per heavy atom. The monoisotopic (exact) mass is 761 g/mol. The van der Waals surface area contributed by atoms with Crippen LogP contribution in [0.3, 0.4) is 0 Å². The topological polar surface area (TPSA) is 219 Å². The highest BCUT2D eigenvalue weighted by atomic mass is 19.4. The van der Waals surface area contributed by atoms with Gasteiger partial charge in [0.25, 0.3) is 23.6 Å². The van der Waals surface area contributed by atoms with E-state index in [4.69, 9.17) is 9.90 Å². The number of halogens is 3. The van der Waals surface area contributed by atoms with Gasteiger partial charge in [0, 0.05) is 78.7 Å². The van der Waals surface area contributed by atoms with E-state index in [1.165, 1.54) is 18.3 Å². The first-order chi connectivity index (χ1) is 25.3. The Balaban J connectivity index is 0.00000102. The Morgan fingerprint density at radius 1 is 0.704 bits per heavy atom. The fraction of sp³-hybridized carbons (Fsp3) is 0.364. The zero-order valence-electron chi connectivity index (χ0n) is 30.4. The van der Waals surface area contributed by atoms with Crippen molar-refractivity contribution in [2.24, 2.45) is 28.2 Å². The molecule has 4 aromatic heterocycles. The molecule has 0 saturated heterocycles. The van der Waals surface area contributed by atoms with Gasteiger partial charge in [0.15, 0.2) is 5.82 Å².